The van der Waals surface area contributed by atoms with Gasteiger partial charge in [-0.25, -0.2) is 0 Å². The van der Waals surface area contributed by atoms with E-state index in [1.165, 1.54) is 87.0 Å². The number of fused-ring (bicyclic) bond motifs is 15. The van der Waals surface area contributed by atoms with Crippen molar-refractivity contribution in [2.75, 3.05) is 4.90 Å². The molecule has 0 saturated carbocycles. The Balaban J connectivity index is 1.15. The Bertz CT molecular complexity index is 3440. The summed E-state index contributed by atoms with van der Waals surface area (Å²) in [6, 6.07) is 78.5. The van der Waals surface area contributed by atoms with Gasteiger partial charge in [-0.05, 0) is 95.1 Å². The van der Waals surface area contributed by atoms with Gasteiger partial charge >= 0.3 is 0 Å². The van der Waals surface area contributed by atoms with Gasteiger partial charge in [-0.3, -0.25) is 0 Å². The summed E-state index contributed by atoms with van der Waals surface area (Å²) >= 11 is 1.92. The van der Waals surface area contributed by atoms with E-state index in [1.807, 2.05) is 11.8 Å². The number of nitrogens with zero attached hydrogens (tertiary/aromatic N) is 3. The van der Waals surface area contributed by atoms with Crippen molar-refractivity contribution in [3.63, 3.8) is 0 Å². The van der Waals surface area contributed by atoms with E-state index >= 15 is 0 Å². The van der Waals surface area contributed by atoms with Crippen LogP contribution in [0.4, 0.5) is 17.1 Å². The molecule has 13 rings (SSSR count). The summed E-state index contributed by atoms with van der Waals surface area (Å²) in [4.78, 5) is 5.03. The molecule has 9 aromatic carbocycles. The predicted octanol–water partition coefficient (Wildman–Crippen LogP) is 14.5. The van der Waals surface area contributed by atoms with Crippen molar-refractivity contribution >= 4 is 72.4 Å². The van der Waals surface area contributed by atoms with Gasteiger partial charge in [0.15, 0.2) is 0 Å². The largest absolute Gasteiger partial charge is 0.310 e. The first-order chi connectivity index (χ1) is 29.3. The van der Waals surface area contributed by atoms with Crippen molar-refractivity contribution in [2.24, 2.45) is 0 Å². The maximum Gasteiger partial charge on any atom is 0.0764 e. The van der Waals surface area contributed by atoms with E-state index in [1.54, 1.807) is 0 Å². The molecule has 4 heteroatoms. The van der Waals surface area contributed by atoms with Crippen LogP contribution in [0.25, 0.3) is 55.0 Å². The Labute approximate surface area is 346 Å². The van der Waals surface area contributed by atoms with Crippen LogP contribution in [-0.2, 0) is 5.41 Å². The van der Waals surface area contributed by atoms with Gasteiger partial charge in [0.25, 0.3) is 0 Å². The molecule has 2 aromatic heterocycles. The fourth-order valence-corrected chi connectivity index (χ4v) is 11.8. The minimum absolute atomic E-state index is 0.571. The number of hydrogen-bond donors (Lipinski definition) is 0. The lowest BCUT2D eigenvalue weighted by Crippen LogP contribution is -2.39. The van der Waals surface area contributed by atoms with Crippen molar-refractivity contribution in [1.29, 1.82) is 0 Å². The lowest BCUT2D eigenvalue weighted by Gasteiger charge is -2.49. The second-order valence-corrected chi connectivity index (χ2v) is 16.7. The Morgan fingerprint density at radius 1 is 0.339 bits per heavy atom. The molecule has 2 aliphatic rings. The van der Waals surface area contributed by atoms with E-state index in [2.05, 4.69) is 226 Å². The highest BCUT2D eigenvalue weighted by Gasteiger charge is 2.51. The Morgan fingerprint density at radius 2 is 0.881 bits per heavy atom. The first kappa shape index (κ1) is 32.8. The molecule has 59 heavy (non-hydrogen) atoms. The van der Waals surface area contributed by atoms with E-state index in [9.17, 15) is 0 Å². The van der Waals surface area contributed by atoms with Crippen LogP contribution in [-0.4, -0.2) is 9.13 Å². The van der Waals surface area contributed by atoms with Crippen molar-refractivity contribution in [2.45, 2.75) is 15.2 Å². The Morgan fingerprint density at radius 3 is 1.59 bits per heavy atom. The predicted molar refractivity (Wildman–Crippen MR) is 246 cm³/mol. The molecular weight excluding hydrogens is 735 g/mol. The van der Waals surface area contributed by atoms with E-state index in [0.717, 1.165) is 17.1 Å². The number of anilines is 3. The molecule has 0 saturated heterocycles. The quantitative estimate of drug-likeness (QED) is 0.178. The standard InChI is InChI=1S/C55H35N3S/c1-3-17-36(18-4-1)56-47-26-12-8-22-40(47)42-35-38(31-34-49(42)56)58-48-27-13-7-21-39(48)41-32-33-46-54(53(41)58)59-52-30-16-11-25-45(52)55(46)43-23-9-14-28-50(43)57(37-19-5-2-6-20-37)51-29-15-10-24-44(51)55/h1-35H. The molecule has 0 atom stereocenters. The van der Waals surface area contributed by atoms with Gasteiger partial charge in [0.2, 0.25) is 0 Å². The molecule has 0 bridgehead atoms. The lowest BCUT2D eigenvalue weighted by molar-refractivity contribution is 0.694. The van der Waals surface area contributed by atoms with E-state index < -0.39 is 5.41 Å². The van der Waals surface area contributed by atoms with Gasteiger partial charge in [0.05, 0.1) is 38.9 Å². The molecule has 0 unspecified atom stereocenters. The average Bonchev–Trinajstić information content (AvgIpc) is 3.82. The van der Waals surface area contributed by atoms with Crippen molar-refractivity contribution in [1.82, 2.24) is 9.13 Å². The number of hydrogen-bond acceptors (Lipinski definition) is 2. The summed E-state index contributed by atoms with van der Waals surface area (Å²) in [7, 11) is 0. The zero-order valence-corrected chi connectivity index (χ0v) is 32.8. The molecular formula is C55H35N3S. The molecule has 276 valence electrons. The third-order valence-corrected chi connectivity index (χ3v) is 13.9. The Kier molecular flexibility index (Phi) is 6.87. The van der Waals surface area contributed by atoms with Gasteiger partial charge in [-0.1, -0.05) is 151 Å². The first-order valence-corrected chi connectivity index (χ1v) is 21.1. The molecule has 1 spiro atoms. The zero-order chi connectivity index (χ0) is 38.7. The number of para-hydroxylation sites is 6. The molecule has 0 N–H and O–H groups in total. The third-order valence-electron chi connectivity index (χ3n) is 12.7. The molecule has 3 nitrogen and oxygen atoms in total. The van der Waals surface area contributed by atoms with Crippen LogP contribution < -0.4 is 4.90 Å². The molecule has 11 aromatic rings. The first-order valence-electron chi connectivity index (χ1n) is 20.3. The summed E-state index contributed by atoms with van der Waals surface area (Å²) in [5.74, 6) is 0. The molecule has 2 aliphatic heterocycles. The third kappa shape index (κ3) is 4.39. The average molecular weight is 770 g/mol. The summed E-state index contributed by atoms with van der Waals surface area (Å²) in [6.45, 7) is 0. The lowest BCUT2D eigenvalue weighted by atomic mass is 9.62. The van der Waals surface area contributed by atoms with E-state index in [4.69, 9.17) is 0 Å². The number of aromatic nitrogens is 2. The van der Waals surface area contributed by atoms with Crippen LogP contribution in [0.2, 0.25) is 0 Å². The maximum absolute atomic E-state index is 2.54. The van der Waals surface area contributed by atoms with Crippen LogP contribution >= 0.6 is 11.8 Å². The van der Waals surface area contributed by atoms with Crippen molar-refractivity contribution in [3.8, 4) is 11.4 Å². The number of benzene rings is 9. The highest BCUT2D eigenvalue weighted by Crippen LogP contribution is 2.64. The van der Waals surface area contributed by atoms with Crippen LogP contribution in [0.3, 0.4) is 0 Å². The minimum Gasteiger partial charge on any atom is -0.310 e. The van der Waals surface area contributed by atoms with Gasteiger partial charge < -0.3 is 14.0 Å². The smallest absolute Gasteiger partial charge is 0.0764 e. The molecule has 0 aliphatic carbocycles. The second-order valence-electron chi connectivity index (χ2n) is 15.6. The minimum atomic E-state index is -0.571. The summed E-state index contributed by atoms with van der Waals surface area (Å²) in [6.07, 6.45) is 0. The van der Waals surface area contributed by atoms with E-state index in [-0.39, 0.29) is 0 Å². The monoisotopic (exact) mass is 769 g/mol. The molecule has 0 amide bonds. The van der Waals surface area contributed by atoms with Gasteiger partial charge in [0, 0.05) is 48.4 Å². The summed E-state index contributed by atoms with van der Waals surface area (Å²) in [5.41, 5.74) is 15.4. The van der Waals surface area contributed by atoms with Crippen LogP contribution in [0.15, 0.2) is 222 Å². The van der Waals surface area contributed by atoms with Gasteiger partial charge in [-0.2, -0.15) is 0 Å². The topological polar surface area (TPSA) is 13.1 Å². The Hall–Kier alpha value is -7.27. The second kappa shape index (κ2) is 12.4. The fourth-order valence-electron chi connectivity index (χ4n) is 10.5. The highest BCUT2D eigenvalue weighted by atomic mass is 32.2. The normalized spacial score (nSPS) is 13.8. The SMILES string of the molecule is c1ccc(N2c3ccccc3C3(c4ccccc4Sc4c3ccc3c5ccccc5n(-c5ccc6c(c5)c5ccccc5n6-c5ccccc5)c43)c3ccccc32)cc1. The van der Waals surface area contributed by atoms with Crippen LogP contribution in [0, 0.1) is 0 Å². The van der Waals surface area contributed by atoms with Gasteiger partial charge in [-0.15, -0.1) is 0 Å². The maximum atomic E-state index is 2.54. The molecule has 0 radical (unpaired) electrons. The van der Waals surface area contributed by atoms with Crippen LogP contribution in [0.5, 0.6) is 0 Å². The van der Waals surface area contributed by atoms with Crippen molar-refractivity contribution in [3.05, 3.63) is 235 Å². The fraction of sp³-hybridized carbons (Fsp3) is 0.0182. The number of rotatable bonds is 3. The highest BCUT2D eigenvalue weighted by molar-refractivity contribution is 7.99. The molecule has 0 fully saturated rings. The van der Waals surface area contributed by atoms with Crippen LogP contribution in [0.1, 0.15) is 22.3 Å². The van der Waals surface area contributed by atoms with E-state index in [0.29, 0.717) is 0 Å². The zero-order valence-electron chi connectivity index (χ0n) is 32.0. The van der Waals surface area contributed by atoms with Gasteiger partial charge in [0.1, 0.15) is 0 Å². The molecule has 4 heterocycles. The summed E-state index contributed by atoms with van der Waals surface area (Å²) < 4.78 is 4.94. The van der Waals surface area contributed by atoms with Crippen molar-refractivity contribution < 1.29 is 0 Å². The summed E-state index contributed by atoms with van der Waals surface area (Å²) in [5, 5.41) is 5.00.